The highest BCUT2D eigenvalue weighted by Crippen LogP contribution is 2.49. The number of nitrogens with zero attached hydrogens (tertiary/aromatic N) is 2. The Morgan fingerprint density at radius 2 is 1.92 bits per heavy atom. The molecule has 0 saturated carbocycles. The van der Waals surface area contributed by atoms with Crippen LogP contribution in [0, 0.1) is 5.41 Å². The Kier molecular flexibility index (Phi) is 5.22. The Bertz CT molecular complexity index is 655. The SMILES string of the molecule is CC(C)(C)C(=O)N1N=C(N)SC1(CCCC(=O)O)c1ccccc1. The highest BCUT2D eigenvalue weighted by atomic mass is 32.2. The summed E-state index contributed by atoms with van der Waals surface area (Å²) >= 11 is 1.31. The summed E-state index contributed by atoms with van der Waals surface area (Å²) in [6, 6.07) is 9.52. The first-order chi connectivity index (χ1) is 11.2. The number of carbonyl (C=O) groups is 2. The number of hydrazone groups is 1. The third-order valence-electron chi connectivity index (χ3n) is 3.78. The number of carbonyl (C=O) groups excluding carboxylic acids is 1. The average molecular weight is 349 g/mol. The number of carboxylic acids is 1. The molecule has 1 atom stereocenters. The van der Waals surface area contributed by atoms with E-state index in [1.807, 2.05) is 51.1 Å². The van der Waals surface area contributed by atoms with Gasteiger partial charge < -0.3 is 10.8 Å². The van der Waals surface area contributed by atoms with Gasteiger partial charge in [-0.15, -0.1) is 5.10 Å². The molecule has 6 nitrogen and oxygen atoms in total. The van der Waals surface area contributed by atoms with Crippen molar-refractivity contribution in [3.05, 3.63) is 35.9 Å². The molecule has 1 heterocycles. The Morgan fingerprint density at radius 3 is 2.46 bits per heavy atom. The summed E-state index contributed by atoms with van der Waals surface area (Å²) < 4.78 is 0. The lowest BCUT2D eigenvalue weighted by Crippen LogP contribution is -2.46. The van der Waals surface area contributed by atoms with Crippen LogP contribution < -0.4 is 5.73 Å². The first-order valence-corrected chi connectivity index (χ1v) is 8.63. The maximum Gasteiger partial charge on any atom is 0.303 e. The number of hydrogen-bond donors (Lipinski definition) is 2. The second-order valence-corrected chi connectivity index (χ2v) is 8.10. The molecule has 0 fully saturated rings. The smallest absolute Gasteiger partial charge is 0.303 e. The molecule has 7 heteroatoms. The largest absolute Gasteiger partial charge is 0.481 e. The summed E-state index contributed by atoms with van der Waals surface area (Å²) in [6.07, 6.45) is 0.917. The second kappa shape index (κ2) is 6.84. The van der Waals surface area contributed by atoms with E-state index < -0.39 is 16.3 Å². The molecule has 0 spiro atoms. The Morgan fingerprint density at radius 1 is 1.29 bits per heavy atom. The lowest BCUT2D eigenvalue weighted by Gasteiger charge is -2.38. The second-order valence-electron chi connectivity index (χ2n) is 6.80. The molecule has 1 aliphatic heterocycles. The Hall–Kier alpha value is -2.02. The van der Waals surface area contributed by atoms with Gasteiger partial charge in [0, 0.05) is 11.8 Å². The molecule has 0 aromatic heterocycles. The van der Waals surface area contributed by atoms with Crippen LogP contribution in [0.25, 0.3) is 0 Å². The predicted molar refractivity (Wildman–Crippen MR) is 95.1 cm³/mol. The van der Waals surface area contributed by atoms with Crippen LogP contribution in [-0.4, -0.2) is 27.2 Å². The van der Waals surface area contributed by atoms with E-state index in [1.165, 1.54) is 16.8 Å². The van der Waals surface area contributed by atoms with Gasteiger partial charge in [0.1, 0.15) is 4.87 Å². The molecule has 0 saturated heterocycles. The molecule has 3 N–H and O–H groups in total. The minimum atomic E-state index is -0.858. The average Bonchev–Trinajstić information content (AvgIpc) is 2.83. The van der Waals surface area contributed by atoms with Crippen LogP contribution in [0.4, 0.5) is 0 Å². The number of carboxylic acid groups (broad SMARTS) is 1. The van der Waals surface area contributed by atoms with Crippen molar-refractivity contribution < 1.29 is 14.7 Å². The van der Waals surface area contributed by atoms with E-state index in [0.717, 1.165) is 5.56 Å². The Labute approximate surface area is 146 Å². The van der Waals surface area contributed by atoms with Crippen molar-refractivity contribution in [2.24, 2.45) is 16.3 Å². The van der Waals surface area contributed by atoms with Gasteiger partial charge in [0.25, 0.3) is 0 Å². The van der Waals surface area contributed by atoms with Crippen molar-refractivity contribution in [3.8, 4) is 0 Å². The van der Waals surface area contributed by atoms with Crippen LogP contribution in [0.3, 0.4) is 0 Å². The highest BCUT2D eigenvalue weighted by molar-refractivity contribution is 8.14. The number of benzene rings is 1. The van der Waals surface area contributed by atoms with Crippen LogP contribution >= 0.6 is 11.8 Å². The van der Waals surface area contributed by atoms with Crippen molar-refractivity contribution >= 4 is 28.8 Å². The van der Waals surface area contributed by atoms with Crippen molar-refractivity contribution in [2.75, 3.05) is 0 Å². The van der Waals surface area contributed by atoms with E-state index >= 15 is 0 Å². The van der Waals surface area contributed by atoms with Gasteiger partial charge in [-0.25, -0.2) is 5.01 Å². The normalized spacial score (nSPS) is 20.8. The van der Waals surface area contributed by atoms with Crippen molar-refractivity contribution in [1.29, 1.82) is 0 Å². The Balaban J connectivity index is 2.44. The van der Waals surface area contributed by atoms with Gasteiger partial charge in [-0.2, -0.15) is 0 Å². The first kappa shape index (κ1) is 18.3. The first-order valence-electron chi connectivity index (χ1n) is 7.82. The number of thioether (sulfide) groups is 1. The molecule has 2 rings (SSSR count). The maximum atomic E-state index is 12.9. The summed E-state index contributed by atoms with van der Waals surface area (Å²) in [5.74, 6) is -1.00. The minimum absolute atomic E-state index is 0.0343. The summed E-state index contributed by atoms with van der Waals surface area (Å²) in [6.45, 7) is 5.49. The van der Waals surface area contributed by atoms with Gasteiger partial charge in [0.05, 0.1) is 0 Å². The fourth-order valence-electron chi connectivity index (χ4n) is 2.60. The number of amidine groups is 1. The van der Waals surface area contributed by atoms with Crippen LogP contribution in [0.2, 0.25) is 0 Å². The fourth-order valence-corrected chi connectivity index (χ4v) is 3.78. The van der Waals surface area contributed by atoms with Gasteiger partial charge in [-0.3, -0.25) is 9.59 Å². The van der Waals surface area contributed by atoms with Crippen LogP contribution in [-0.2, 0) is 14.5 Å². The van der Waals surface area contributed by atoms with E-state index in [-0.39, 0.29) is 12.3 Å². The van der Waals surface area contributed by atoms with Crippen LogP contribution in [0.15, 0.2) is 35.4 Å². The van der Waals surface area contributed by atoms with Crippen LogP contribution in [0.1, 0.15) is 45.6 Å². The zero-order valence-electron chi connectivity index (χ0n) is 14.2. The monoisotopic (exact) mass is 349 g/mol. The van der Waals surface area contributed by atoms with E-state index in [0.29, 0.717) is 18.0 Å². The van der Waals surface area contributed by atoms with E-state index in [1.54, 1.807) is 0 Å². The van der Waals surface area contributed by atoms with E-state index in [4.69, 9.17) is 10.8 Å². The van der Waals surface area contributed by atoms with Gasteiger partial charge in [0.15, 0.2) is 5.17 Å². The number of aliphatic carboxylic acids is 1. The lowest BCUT2D eigenvalue weighted by molar-refractivity contribution is -0.143. The van der Waals surface area contributed by atoms with E-state index in [2.05, 4.69) is 5.10 Å². The van der Waals surface area contributed by atoms with Crippen LogP contribution in [0.5, 0.6) is 0 Å². The molecule has 0 radical (unpaired) electrons. The molecule has 1 aromatic rings. The summed E-state index contributed by atoms with van der Waals surface area (Å²) in [5.41, 5.74) is 6.22. The molecule has 0 aliphatic carbocycles. The summed E-state index contributed by atoms with van der Waals surface area (Å²) in [4.78, 5) is 23.0. The fraction of sp³-hybridized carbons (Fsp3) is 0.471. The third kappa shape index (κ3) is 3.72. The molecule has 0 bridgehead atoms. The zero-order valence-corrected chi connectivity index (χ0v) is 15.0. The molecular formula is C17H23N3O3S. The molecular weight excluding hydrogens is 326 g/mol. The van der Waals surface area contributed by atoms with Crippen molar-refractivity contribution in [2.45, 2.75) is 44.9 Å². The summed E-state index contributed by atoms with van der Waals surface area (Å²) in [5, 5.41) is 15.0. The van der Waals surface area contributed by atoms with Crippen molar-refractivity contribution in [1.82, 2.24) is 5.01 Å². The molecule has 24 heavy (non-hydrogen) atoms. The van der Waals surface area contributed by atoms with Gasteiger partial charge in [0.2, 0.25) is 5.91 Å². The van der Waals surface area contributed by atoms with Gasteiger partial charge >= 0.3 is 5.97 Å². The predicted octanol–water partition coefficient (Wildman–Crippen LogP) is 2.95. The lowest BCUT2D eigenvalue weighted by atomic mass is 9.92. The number of nitrogens with two attached hydrogens (primary N) is 1. The molecule has 1 aliphatic rings. The zero-order chi connectivity index (χ0) is 18.0. The minimum Gasteiger partial charge on any atom is -0.481 e. The maximum absolute atomic E-state index is 12.9. The number of rotatable bonds is 5. The molecule has 1 unspecified atom stereocenters. The van der Waals surface area contributed by atoms with Crippen molar-refractivity contribution in [3.63, 3.8) is 0 Å². The van der Waals surface area contributed by atoms with Gasteiger partial charge in [-0.1, -0.05) is 62.9 Å². The molecule has 130 valence electrons. The standard InChI is InChI=1S/C17H23N3O3S/c1-16(2,3)14(23)20-17(24-15(18)19-20,11-7-10-13(21)22)12-8-5-4-6-9-12/h4-6,8-9H,7,10-11H2,1-3H3,(H2,18,19)(H,21,22). The van der Waals surface area contributed by atoms with Gasteiger partial charge in [-0.05, 0) is 18.4 Å². The van der Waals surface area contributed by atoms with E-state index in [9.17, 15) is 9.59 Å². The number of hydrogen-bond acceptors (Lipinski definition) is 5. The molecule has 1 aromatic carbocycles. The third-order valence-corrected chi connectivity index (χ3v) is 5.02. The number of amides is 1. The topological polar surface area (TPSA) is 96.0 Å². The highest BCUT2D eigenvalue weighted by Gasteiger charge is 2.49. The molecule has 1 amide bonds. The quantitative estimate of drug-likeness (QED) is 0.852. The summed E-state index contributed by atoms with van der Waals surface area (Å²) in [7, 11) is 0.